The fraction of sp³-hybridized carbons (Fsp3) is 0.576. The van der Waals surface area contributed by atoms with Crippen LogP contribution in [-0.4, -0.2) is 46.0 Å². The maximum atomic E-state index is 7.86. The van der Waals surface area contributed by atoms with E-state index in [0.717, 1.165) is 0 Å². The van der Waals surface area contributed by atoms with Crippen LogP contribution in [0.5, 0.6) is 0 Å². The maximum absolute atomic E-state index is 7.86. The number of hydrogen-bond acceptors (Lipinski definition) is 5. The standard InChI is InChI=1S/2C15H24S.C3H6O.2H3O3PS/c2*1-2-3-4-5-6-10-13-16-14-15-11-8-7-9-12-15;1-3(2)4;2*1-4(2,3)5/h2*7-9,11-12H,2-6,10,13-14H2,1H3;4H,1H2,2H3;2*(H3,1,2,3,5). The minimum Gasteiger partial charge on any atom is -0.513 e. The zero-order valence-corrected chi connectivity index (χ0v) is 33.0. The van der Waals surface area contributed by atoms with Gasteiger partial charge in [-0.05, 0) is 66.0 Å². The van der Waals surface area contributed by atoms with Gasteiger partial charge in [-0.1, -0.05) is 145 Å². The molecule has 0 spiro atoms. The molecule has 0 radical (unpaired) electrons. The van der Waals surface area contributed by atoms with Crippen molar-refractivity contribution in [3.8, 4) is 0 Å². The molecule has 0 aliphatic heterocycles. The Morgan fingerprint density at radius 2 is 0.804 bits per heavy atom. The van der Waals surface area contributed by atoms with Gasteiger partial charge in [0.2, 0.25) is 0 Å². The van der Waals surface area contributed by atoms with Crippen molar-refractivity contribution in [2.75, 3.05) is 11.5 Å². The van der Waals surface area contributed by atoms with E-state index in [1.54, 1.807) is 0 Å². The zero-order chi connectivity index (χ0) is 35.5. The molecule has 46 heavy (non-hydrogen) atoms. The smallest absolute Gasteiger partial charge is 0.319 e. The molecule has 0 atom stereocenters. The quantitative estimate of drug-likeness (QED) is 0.0444. The van der Waals surface area contributed by atoms with E-state index in [9.17, 15) is 0 Å². The lowest BCUT2D eigenvalue weighted by Crippen LogP contribution is -1.84. The summed E-state index contributed by atoms with van der Waals surface area (Å²) in [7, 11) is 0. The Bertz CT molecular complexity index is 912. The van der Waals surface area contributed by atoms with Gasteiger partial charge < -0.3 is 34.5 Å². The third-order valence-corrected chi connectivity index (χ3v) is 7.74. The van der Waals surface area contributed by atoms with Gasteiger partial charge in [-0.2, -0.15) is 23.5 Å². The van der Waals surface area contributed by atoms with Gasteiger partial charge in [0.25, 0.3) is 0 Å². The lowest BCUT2D eigenvalue weighted by Gasteiger charge is -2.02. The fourth-order valence-corrected chi connectivity index (χ4v) is 5.46. The summed E-state index contributed by atoms with van der Waals surface area (Å²) in [4.78, 5) is 45.3. The second-order valence-corrected chi connectivity index (χ2v) is 17.6. The monoisotopic (exact) mass is 758 g/mol. The predicted octanol–water partition coefficient (Wildman–Crippen LogP) is 10.0. The molecule has 2 aromatic carbocycles. The molecule has 268 valence electrons. The van der Waals surface area contributed by atoms with Crippen LogP contribution in [-0.2, 0) is 35.1 Å². The predicted molar refractivity (Wildman–Crippen MR) is 211 cm³/mol. The van der Waals surface area contributed by atoms with Crippen molar-refractivity contribution in [2.45, 2.75) is 109 Å². The minimum atomic E-state index is -3.81. The molecule has 0 fully saturated rings. The first-order valence-corrected chi connectivity index (χ1v) is 23.4. The van der Waals surface area contributed by atoms with Crippen molar-refractivity contribution in [3.63, 3.8) is 0 Å². The van der Waals surface area contributed by atoms with Gasteiger partial charge in [0.15, 0.2) is 0 Å². The molecule has 0 amide bonds. The van der Waals surface area contributed by atoms with Crippen LogP contribution in [0.2, 0.25) is 0 Å². The summed E-state index contributed by atoms with van der Waals surface area (Å²) in [6, 6.07) is 21.5. The summed E-state index contributed by atoms with van der Waals surface area (Å²) in [5, 5.41) is 7.86. The van der Waals surface area contributed by atoms with Crippen LogP contribution in [0.15, 0.2) is 73.0 Å². The Kier molecular flexibility index (Phi) is 39.3. The van der Waals surface area contributed by atoms with Gasteiger partial charge in [0.1, 0.15) is 0 Å². The molecule has 0 aliphatic carbocycles. The first-order chi connectivity index (χ1) is 21.6. The van der Waals surface area contributed by atoms with Crippen LogP contribution in [0.3, 0.4) is 0 Å². The highest BCUT2D eigenvalue weighted by molar-refractivity contribution is 8.06. The van der Waals surface area contributed by atoms with Crippen molar-refractivity contribution in [2.24, 2.45) is 0 Å². The largest absolute Gasteiger partial charge is 0.513 e. The van der Waals surface area contributed by atoms with Crippen molar-refractivity contribution >= 4 is 60.6 Å². The fourth-order valence-electron chi connectivity index (χ4n) is 3.50. The first-order valence-electron chi connectivity index (χ1n) is 15.7. The number of thioether (sulfide) groups is 2. The van der Waals surface area contributed by atoms with Crippen molar-refractivity contribution in [1.29, 1.82) is 0 Å². The maximum Gasteiger partial charge on any atom is 0.319 e. The van der Waals surface area contributed by atoms with E-state index in [2.05, 4.69) is 128 Å². The van der Waals surface area contributed by atoms with Gasteiger partial charge >= 0.3 is 13.4 Å². The number of aliphatic hydroxyl groups excluding tert-OH is 1. The number of unbranched alkanes of at least 4 members (excludes halogenated alkanes) is 10. The van der Waals surface area contributed by atoms with E-state index >= 15 is 0 Å². The molecule has 0 heterocycles. The molecule has 7 N–H and O–H groups in total. The van der Waals surface area contributed by atoms with Crippen LogP contribution in [0.25, 0.3) is 0 Å². The van der Waals surface area contributed by atoms with Crippen molar-refractivity contribution in [1.82, 2.24) is 0 Å². The van der Waals surface area contributed by atoms with Crippen LogP contribution < -0.4 is 0 Å². The van der Waals surface area contributed by atoms with E-state index in [1.165, 1.54) is 118 Å². The second-order valence-electron chi connectivity index (χ2n) is 10.4. The lowest BCUT2D eigenvalue weighted by molar-refractivity contribution is 0.361. The first kappa shape index (κ1) is 50.1. The molecule has 0 saturated heterocycles. The Labute approximate surface area is 298 Å². The number of aliphatic hydroxyl groups is 1. The third kappa shape index (κ3) is 62.6. The van der Waals surface area contributed by atoms with Crippen molar-refractivity contribution in [3.05, 3.63) is 84.1 Å². The molecular weight excluding hydrogens is 699 g/mol. The van der Waals surface area contributed by atoms with Gasteiger partial charge in [0.05, 0.1) is 5.76 Å². The Morgan fingerprint density at radius 3 is 1.07 bits per heavy atom. The number of hydrogen-bond donors (Lipinski definition) is 7. The SMILES string of the molecule is C=C(C)O.CCCCCCCCSCc1ccccc1.CCCCCCCCSCc1ccccc1.OP(O)(O)=S.OP(O)(O)=S. The van der Waals surface area contributed by atoms with Crippen LogP contribution in [0, 0.1) is 0 Å². The van der Waals surface area contributed by atoms with E-state index in [4.69, 9.17) is 34.5 Å². The minimum absolute atomic E-state index is 0.167. The third-order valence-electron chi connectivity index (χ3n) is 5.51. The highest BCUT2D eigenvalue weighted by atomic mass is 32.5. The van der Waals surface area contributed by atoms with Crippen LogP contribution >= 0.6 is 37.0 Å². The number of allylic oxidation sites excluding steroid dienone is 1. The lowest BCUT2D eigenvalue weighted by atomic mass is 10.1. The summed E-state index contributed by atoms with van der Waals surface area (Å²) in [6.07, 6.45) is 16.9. The van der Waals surface area contributed by atoms with E-state index in [1.807, 2.05) is 0 Å². The summed E-state index contributed by atoms with van der Waals surface area (Å²) in [5.41, 5.74) is 2.91. The van der Waals surface area contributed by atoms with Gasteiger partial charge in [-0.3, -0.25) is 0 Å². The summed E-state index contributed by atoms with van der Waals surface area (Å²) < 4.78 is 0. The van der Waals surface area contributed by atoms with Crippen LogP contribution in [0.1, 0.15) is 109 Å². The molecule has 13 heteroatoms. The van der Waals surface area contributed by atoms with E-state index < -0.39 is 13.4 Å². The number of rotatable bonds is 18. The molecular formula is C33H60O7P2S4. The van der Waals surface area contributed by atoms with Crippen molar-refractivity contribution < 1.29 is 34.5 Å². The molecule has 0 bridgehead atoms. The second kappa shape index (κ2) is 36.0. The van der Waals surface area contributed by atoms with Gasteiger partial charge in [-0.15, -0.1) is 0 Å². The molecule has 0 saturated carbocycles. The average molecular weight is 759 g/mol. The molecule has 2 rings (SSSR count). The zero-order valence-electron chi connectivity index (χ0n) is 28.0. The molecule has 0 unspecified atom stereocenters. The topological polar surface area (TPSA) is 142 Å². The Morgan fingerprint density at radius 1 is 0.565 bits per heavy atom. The summed E-state index contributed by atoms with van der Waals surface area (Å²) in [5.74, 6) is 5.16. The van der Waals surface area contributed by atoms with Gasteiger partial charge in [-0.25, -0.2) is 0 Å². The van der Waals surface area contributed by atoms with E-state index in [-0.39, 0.29) is 5.76 Å². The highest BCUT2D eigenvalue weighted by Crippen LogP contribution is 2.27. The molecule has 7 nitrogen and oxygen atoms in total. The Hall–Kier alpha value is -0.260. The normalized spacial score (nSPS) is 10.5. The summed E-state index contributed by atoms with van der Waals surface area (Å²) in [6.45, 7) is 1.57. The molecule has 0 aromatic heterocycles. The van der Waals surface area contributed by atoms with Crippen LogP contribution in [0.4, 0.5) is 0 Å². The molecule has 0 aliphatic rings. The molecule has 2 aromatic rings. The highest BCUT2D eigenvalue weighted by Gasteiger charge is 1.95. The Balaban J connectivity index is -0.000000573. The number of benzene rings is 2. The van der Waals surface area contributed by atoms with Gasteiger partial charge in [0, 0.05) is 11.5 Å². The summed E-state index contributed by atoms with van der Waals surface area (Å²) >= 11 is 11.3. The van der Waals surface area contributed by atoms with E-state index in [0.29, 0.717) is 0 Å². The average Bonchev–Trinajstić information content (AvgIpc) is 2.95.